The van der Waals surface area contributed by atoms with Crippen molar-refractivity contribution in [2.24, 2.45) is 22.7 Å². The SMILES string of the molecule is C=C(C)C(C)=CC(C)C1C=C(CC)C(C)(C)C1(C)C. The van der Waals surface area contributed by atoms with E-state index in [1.165, 1.54) is 17.6 Å². The monoisotopic (exact) mass is 260 g/mol. The van der Waals surface area contributed by atoms with Gasteiger partial charge >= 0.3 is 0 Å². The number of hydrogen-bond donors (Lipinski definition) is 0. The van der Waals surface area contributed by atoms with Gasteiger partial charge in [0.2, 0.25) is 0 Å². The van der Waals surface area contributed by atoms with Crippen LogP contribution in [0.4, 0.5) is 0 Å². The molecule has 2 unspecified atom stereocenters. The first-order valence-electron chi connectivity index (χ1n) is 7.61. The van der Waals surface area contributed by atoms with Crippen molar-refractivity contribution < 1.29 is 0 Å². The van der Waals surface area contributed by atoms with E-state index in [1.807, 2.05) is 0 Å². The van der Waals surface area contributed by atoms with Crippen LogP contribution >= 0.6 is 0 Å². The highest BCUT2D eigenvalue weighted by atomic mass is 14.5. The van der Waals surface area contributed by atoms with E-state index < -0.39 is 0 Å². The summed E-state index contributed by atoms with van der Waals surface area (Å²) < 4.78 is 0. The molecule has 0 heterocycles. The number of hydrogen-bond acceptors (Lipinski definition) is 0. The highest BCUT2D eigenvalue weighted by molar-refractivity contribution is 5.30. The fourth-order valence-corrected chi connectivity index (χ4v) is 3.47. The summed E-state index contributed by atoms with van der Waals surface area (Å²) in [5.74, 6) is 1.18. The van der Waals surface area contributed by atoms with E-state index in [4.69, 9.17) is 0 Å². The zero-order valence-corrected chi connectivity index (χ0v) is 14.2. The first-order chi connectivity index (χ1) is 8.55. The predicted octanol–water partition coefficient (Wildman–Crippen LogP) is 6.16. The molecule has 1 aliphatic carbocycles. The molecular formula is C19H32. The lowest BCUT2D eigenvalue weighted by molar-refractivity contribution is 0.101. The average Bonchev–Trinajstić information content (AvgIpc) is 2.45. The Morgan fingerprint density at radius 3 is 2.21 bits per heavy atom. The molecule has 0 N–H and O–H groups in total. The lowest BCUT2D eigenvalue weighted by Gasteiger charge is -2.43. The van der Waals surface area contributed by atoms with Crippen molar-refractivity contribution in [1.29, 1.82) is 0 Å². The van der Waals surface area contributed by atoms with Crippen molar-refractivity contribution in [1.82, 2.24) is 0 Å². The van der Waals surface area contributed by atoms with Crippen LogP contribution < -0.4 is 0 Å². The summed E-state index contributed by atoms with van der Waals surface area (Å²) in [6, 6.07) is 0. The van der Waals surface area contributed by atoms with Gasteiger partial charge in [0.25, 0.3) is 0 Å². The molecule has 108 valence electrons. The van der Waals surface area contributed by atoms with Gasteiger partial charge in [-0.2, -0.15) is 0 Å². The van der Waals surface area contributed by atoms with Gasteiger partial charge in [-0.3, -0.25) is 0 Å². The van der Waals surface area contributed by atoms with Crippen molar-refractivity contribution in [2.75, 3.05) is 0 Å². The quantitative estimate of drug-likeness (QED) is 0.419. The van der Waals surface area contributed by atoms with E-state index in [-0.39, 0.29) is 0 Å². The van der Waals surface area contributed by atoms with E-state index in [1.54, 1.807) is 5.57 Å². The van der Waals surface area contributed by atoms with Crippen molar-refractivity contribution in [3.8, 4) is 0 Å². The van der Waals surface area contributed by atoms with Crippen molar-refractivity contribution in [3.05, 3.63) is 35.5 Å². The Bertz CT molecular complexity index is 415. The van der Waals surface area contributed by atoms with E-state index in [2.05, 4.69) is 74.1 Å². The molecule has 0 aromatic rings. The second-order valence-electron chi connectivity index (χ2n) is 7.41. The van der Waals surface area contributed by atoms with E-state index in [0.717, 1.165) is 0 Å². The molecule has 19 heavy (non-hydrogen) atoms. The average molecular weight is 260 g/mol. The zero-order chi connectivity index (χ0) is 15.0. The minimum Gasteiger partial charge on any atom is -0.0959 e. The van der Waals surface area contributed by atoms with Gasteiger partial charge in [-0.1, -0.05) is 77.0 Å². The Kier molecular flexibility index (Phi) is 4.55. The van der Waals surface area contributed by atoms with Gasteiger partial charge in [0.1, 0.15) is 0 Å². The molecular weight excluding hydrogens is 228 g/mol. The van der Waals surface area contributed by atoms with Crippen LogP contribution in [-0.4, -0.2) is 0 Å². The van der Waals surface area contributed by atoms with E-state index >= 15 is 0 Å². The normalized spacial score (nSPS) is 27.1. The molecule has 0 spiro atoms. The topological polar surface area (TPSA) is 0 Å². The van der Waals surface area contributed by atoms with Crippen molar-refractivity contribution in [2.45, 2.75) is 61.8 Å². The number of allylic oxidation sites excluding steroid dienone is 5. The lowest BCUT2D eigenvalue weighted by Crippen LogP contribution is -2.36. The summed E-state index contributed by atoms with van der Waals surface area (Å²) in [7, 11) is 0. The first kappa shape index (κ1) is 16.3. The highest BCUT2D eigenvalue weighted by Gasteiger charge is 2.49. The molecule has 0 aromatic carbocycles. The van der Waals surface area contributed by atoms with Crippen LogP contribution in [0.15, 0.2) is 35.5 Å². The van der Waals surface area contributed by atoms with Crippen LogP contribution in [0, 0.1) is 22.7 Å². The van der Waals surface area contributed by atoms with Crippen LogP contribution in [0.25, 0.3) is 0 Å². The van der Waals surface area contributed by atoms with Gasteiger partial charge in [0.15, 0.2) is 0 Å². The molecule has 1 aliphatic rings. The van der Waals surface area contributed by atoms with Gasteiger partial charge in [0.05, 0.1) is 0 Å². The fourth-order valence-electron chi connectivity index (χ4n) is 3.47. The van der Waals surface area contributed by atoms with Crippen LogP contribution in [0.1, 0.15) is 61.8 Å². The summed E-state index contributed by atoms with van der Waals surface area (Å²) >= 11 is 0. The summed E-state index contributed by atoms with van der Waals surface area (Å²) in [5, 5.41) is 0. The Labute approximate surface area is 120 Å². The molecule has 0 amide bonds. The summed E-state index contributed by atoms with van der Waals surface area (Å²) in [5.41, 5.74) is 4.74. The molecule has 0 aliphatic heterocycles. The van der Waals surface area contributed by atoms with Gasteiger partial charge in [-0.15, -0.1) is 0 Å². The zero-order valence-electron chi connectivity index (χ0n) is 14.2. The van der Waals surface area contributed by atoms with E-state index in [0.29, 0.717) is 22.7 Å². The smallest absolute Gasteiger partial charge is 0.00877 e. The van der Waals surface area contributed by atoms with Crippen molar-refractivity contribution >= 4 is 0 Å². The Balaban J connectivity index is 3.11. The Morgan fingerprint density at radius 1 is 1.32 bits per heavy atom. The fraction of sp³-hybridized carbons (Fsp3) is 0.684. The minimum absolute atomic E-state index is 0.297. The van der Waals surface area contributed by atoms with E-state index in [9.17, 15) is 0 Å². The maximum atomic E-state index is 4.05. The Morgan fingerprint density at radius 2 is 1.84 bits per heavy atom. The van der Waals surface area contributed by atoms with Crippen LogP contribution in [0.2, 0.25) is 0 Å². The maximum Gasteiger partial charge on any atom is -0.00877 e. The highest BCUT2D eigenvalue weighted by Crippen LogP contribution is 2.58. The maximum absolute atomic E-state index is 4.05. The lowest BCUT2D eigenvalue weighted by atomic mass is 9.61. The van der Waals surface area contributed by atoms with Gasteiger partial charge in [-0.05, 0) is 42.9 Å². The summed E-state index contributed by atoms with van der Waals surface area (Å²) in [6.07, 6.45) is 6.12. The molecule has 0 saturated carbocycles. The van der Waals surface area contributed by atoms with Gasteiger partial charge in [-0.25, -0.2) is 0 Å². The standard InChI is InChI=1S/C19H32/c1-10-16-12-17(19(8,9)18(16,6)7)15(5)11-14(4)13(2)3/h11-12,15,17H,2,10H2,1,3-9H3. The number of rotatable bonds is 4. The summed E-state index contributed by atoms with van der Waals surface area (Å²) in [4.78, 5) is 0. The molecule has 0 aromatic heterocycles. The second kappa shape index (κ2) is 5.31. The van der Waals surface area contributed by atoms with Crippen molar-refractivity contribution in [3.63, 3.8) is 0 Å². The van der Waals surface area contributed by atoms with Crippen LogP contribution in [0.5, 0.6) is 0 Å². The predicted molar refractivity (Wildman–Crippen MR) is 87.2 cm³/mol. The minimum atomic E-state index is 0.297. The molecule has 0 heteroatoms. The third-order valence-corrected chi connectivity index (χ3v) is 5.76. The van der Waals surface area contributed by atoms with Crippen LogP contribution in [0.3, 0.4) is 0 Å². The molecule has 0 nitrogen and oxygen atoms in total. The second-order valence-corrected chi connectivity index (χ2v) is 7.41. The summed E-state index contributed by atoms with van der Waals surface area (Å²) in [6.45, 7) is 22.6. The molecule has 0 saturated heterocycles. The third-order valence-electron chi connectivity index (χ3n) is 5.76. The van der Waals surface area contributed by atoms with Gasteiger partial charge in [0, 0.05) is 0 Å². The Hall–Kier alpha value is -0.780. The largest absolute Gasteiger partial charge is 0.0959 e. The molecule has 2 atom stereocenters. The molecule has 0 fully saturated rings. The van der Waals surface area contributed by atoms with Gasteiger partial charge < -0.3 is 0 Å². The molecule has 0 radical (unpaired) electrons. The molecule has 0 bridgehead atoms. The third kappa shape index (κ3) is 2.73. The molecule has 1 rings (SSSR count). The van der Waals surface area contributed by atoms with Crippen LogP contribution in [-0.2, 0) is 0 Å². The first-order valence-corrected chi connectivity index (χ1v) is 7.61.